The van der Waals surface area contributed by atoms with Gasteiger partial charge in [-0.15, -0.1) is 0 Å². The van der Waals surface area contributed by atoms with Crippen LogP contribution >= 0.6 is 0 Å². The van der Waals surface area contributed by atoms with Gasteiger partial charge in [0.1, 0.15) is 103 Å². The van der Waals surface area contributed by atoms with Gasteiger partial charge in [-0.05, 0) is 264 Å². The van der Waals surface area contributed by atoms with Crippen molar-refractivity contribution in [2.24, 2.45) is 0 Å². The molecule has 726 valence electrons. The Balaban J connectivity index is 0.000000107. The van der Waals surface area contributed by atoms with E-state index in [9.17, 15) is 4.79 Å². The summed E-state index contributed by atoms with van der Waals surface area (Å²) in [5, 5.41) is 5.12. The summed E-state index contributed by atoms with van der Waals surface area (Å²) in [6.07, 6.45) is 9.25. The molecule has 21 heteroatoms. The molecule has 5 aliphatic heterocycles. The van der Waals surface area contributed by atoms with E-state index in [1.807, 2.05) is 195 Å². The van der Waals surface area contributed by atoms with Crippen molar-refractivity contribution in [3.05, 3.63) is 387 Å². The van der Waals surface area contributed by atoms with E-state index in [4.69, 9.17) is 69.5 Å². The number of hydrogen-bond donors (Lipinski definition) is 0. The number of nitrogens with zero attached hydrogens (tertiary/aromatic N) is 5. The topological polar surface area (TPSA) is 191 Å². The molecule has 15 aromatic carbocycles. The Morgan fingerprint density at radius 1 is 0.262 bits per heavy atom. The highest BCUT2D eigenvalue weighted by atomic mass is 16.6. The van der Waals surface area contributed by atoms with Crippen LogP contribution in [0.15, 0.2) is 325 Å². The van der Waals surface area contributed by atoms with E-state index in [0.29, 0.717) is 80.8 Å². The lowest BCUT2D eigenvalue weighted by molar-refractivity contribution is 0.0739. The van der Waals surface area contributed by atoms with Crippen LogP contribution in [0.25, 0.3) is 67.0 Å². The zero-order valence-electron chi connectivity index (χ0n) is 83.5. The summed E-state index contributed by atoms with van der Waals surface area (Å²) in [7, 11) is 13.3. The maximum absolute atomic E-state index is 13.0. The van der Waals surface area contributed by atoms with E-state index in [1.165, 1.54) is 55.6 Å². The third kappa shape index (κ3) is 17.2. The summed E-state index contributed by atoms with van der Waals surface area (Å²) >= 11 is 0. The standard InChI is InChI=1S/C26H25NO3.C25H23NO3.C25H21NO.C24H19NO5.C24H21NO4/c1-17-15-23(28-2)25(24(16-17)29-3)27-21-13-6-4-9-18(21)10-8-12-20-19-11-5-7-14-22(19)30-26(20)27;1-16-14-22(27-2)24(23(15-16)28-3)26-20-10-6-4-8-17(20)12-13-19-18-9-5-7-11-21(18)29-25(19)26;1-16-14-17(2)24(18(3)15-16)26-22-10-6-4-8-19(22)12-13-21-20-9-5-7-11-23(20)27-25(21)26;1-14-12-19(27-2)21(20(13-14)28-3)25-17-10-6-4-8-15(17)24(26)30-22-16-9-5-7-11-18(16)29-23(22)25;1-15-12-20(26-2)22(21(13-15)27-3)25-18-10-6-4-8-16(18)14-28-23-17-9-5-7-11-19(17)29-24(23)25/h4-7,9,11,13-16H,8,10,12H2,1-3H3;4-11,14-15H,12-13H2,1-3H3;4-15H,1-3H3;4-13H,1-3H3;4-13H,14H2,1-3H3. The highest BCUT2D eigenvalue weighted by molar-refractivity contribution is 6.08. The Kier molecular flexibility index (Phi) is 25.7. The molecule has 0 amide bonds. The third-order valence-electron chi connectivity index (χ3n) is 27.1. The molecule has 0 saturated carbocycles. The number of fused-ring (bicyclic) bond motifs is 20. The molecule has 0 radical (unpaired) electrons. The van der Waals surface area contributed by atoms with Crippen molar-refractivity contribution in [2.75, 3.05) is 81.4 Å². The predicted octanol–water partition coefficient (Wildman–Crippen LogP) is 32.2. The fourth-order valence-corrected chi connectivity index (χ4v) is 20.7. The summed E-state index contributed by atoms with van der Waals surface area (Å²) in [5.74, 6) is 9.75. The molecular formula is C124H109N5O16. The number of aryl methyl sites for hydroxylation is 11. The molecule has 0 saturated heterocycles. The number of carbonyl (C=O) groups is 1. The normalized spacial score (nSPS) is 12.9. The summed E-state index contributed by atoms with van der Waals surface area (Å²) < 4.78 is 90.1. The van der Waals surface area contributed by atoms with Crippen molar-refractivity contribution in [1.82, 2.24) is 0 Å². The van der Waals surface area contributed by atoms with Crippen molar-refractivity contribution >= 4 is 159 Å². The largest absolute Gasteiger partial charge is 0.494 e. The molecule has 0 aliphatic carbocycles. The second-order valence-corrected chi connectivity index (χ2v) is 36.4. The van der Waals surface area contributed by atoms with E-state index in [2.05, 4.69) is 181 Å². The van der Waals surface area contributed by atoms with Crippen molar-refractivity contribution in [3.63, 3.8) is 0 Å². The zero-order valence-corrected chi connectivity index (χ0v) is 83.5. The van der Waals surface area contributed by atoms with E-state index in [0.717, 1.165) is 184 Å². The van der Waals surface area contributed by atoms with Crippen LogP contribution in [0.4, 0.5) is 86.3 Å². The third-order valence-corrected chi connectivity index (χ3v) is 27.1. The smallest absolute Gasteiger partial charge is 0.345 e. The first kappa shape index (κ1) is 93.7. The lowest BCUT2D eigenvalue weighted by atomic mass is 9.97. The Morgan fingerprint density at radius 3 is 1.05 bits per heavy atom. The number of methoxy groups -OCH3 is 8. The Morgan fingerprint density at radius 2 is 0.579 bits per heavy atom. The molecule has 0 fully saturated rings. The van der Waals surface area contributed by atoms with Gasteiger partial charge in [-0.3, -0.25) is 24.5 Å². The first-order chi connectivity index (χ1) is 70.9. The van der Waals surface area contributed by atoms with Gasteiger partial charge in [-0.25, -0.2) is 4.79 Å². The van der Waals surface area contributed by atoms with Gasteiger partial charge in [0.05, 0.1) is 107 Å². The van der Waals surface area contributed by atoms with Crippen molar-refractivity contribution in [2.45, 2.75) is 87.2 Å². The maximum Gasteiger partial charge on any atom is 0.345 e. The molecule has 0 bridgehead atoms. The first-order valence-electron chi connectivity index (χ1n) is 48.4. The zero-order chi connectivity index (χ0) is 100.0. The summed E-state index contributed by atoms with van der Waals surface area (Å²) in [6.45, 7) is 15.0. The van der Waals surface area contributed by atoms with Crippen LogP contribution in [0.2, 0.25) is 0 Å². The quantitative estimate of drug-likeness (QED) is 0.0989. The van der Waals surface area contributed by atoms with Gasteiger partial charge < -0.3 is 69.5 Å². The molecule has 5 aliphatic rings. The molecule has 25 rings (SSSR count). The fraction of sp³-hybridized carbons (Fsp3) is 0.169. The van der Waals surface area contributed by atoms with E-state index >= 15 is 0 Å². The van der Waals surface area contributed by atoms with Gasteiger partial charge >= 0.3 is 5.97 Å². The molecule has 5 aromatic heterocycles. The minimum atomic E-state index is -0.453. The number of furan rings is 5. The number of para-hydroxylation sites is 10. The molecule has 0 unspecified atom stereocenters. The summed E-state index contributed by atoms with van der Waals surface area (Å²) in [4.78, 5) is 23.5. The lowest BCUT2D eigenvalue weighted by Crippen LogP contribution is -2.17. The van der Waals surface area contributed by atoms with Gasteiger partial charge in [-0.2, -0.15) is 0 Å². The Bertz CT molecular complexity index is 8080. The van der Waals surface area contributed by atoms with Gasteiger partial charge in [0.15, 0.2) is 5.75 Å². The Labute approximate surface area is 841 Å². The number of esters is 1. The average molecular weight is 1930 g/mol. The van der Waals surface area contributed by atoms with Gasteiger partial charge in [0, 0.05) is 38.4 Å². The van der Waals surface area contributed by atoms with Crippen LogP contribution in [0.5, 0.6) is 57.5 Å². The second-order valence-electron chi connectivity index (χ2n) is 36.4. The number of ether oxygens (including phenoxy) is 10. The van der Waals surface area contributed by atoms with Crippen LogP contribution in [-0.2, 0) is 32.3 Å². The highest BCUT2D eigenvalue weighted by Gasteiger charge is 2.40. The van der Waals surface area contributed by atoms with Crippen LogP contribution < -0.4 is 71.9 Å². The monoisotopic (exact) mass is 1920 g/mol. The molecule has 21 nitrogen and oxygen atoms in total. The van der Waals surface area contributed by atoms with Gasteiger partial charge in [0.2, 0.25) is 35.2 Å². The van der Waals surface area contributed by atoms with Crippen LogP contribution in [0.1, 0.15) is 94.7 Å². The van der Waals surface area contributed by atoms with Crippen molar-refractivity contribution in [1.29, 1.82) is 0 Å². The lowest BCUT2D eigenvalue weighted by Gasteiger charge is -2.30. The number of rotatable bonds is 13. The van der Waals surface area contributed by atoms with Crippen LogP contribution in [0, 0.1) is 48.5 Å². The SMILES string of the molecule is COc1cc(C)cc(OC)c1N1c2ccccc2C(=O)Oc2c1oc1ccccc21.COc1cc(C)cc(OC)c1N1c2ccccc2CCCc2c1oc1ccccc21.COc1cc(C)cc(OC)c1N1c2ccccc2CCc2c1oc1ccccc21.COc1cc(C)cc(OC)c1N1c2ccccc2COc2c1oc1ccccc21.Cc1cc(C)c(N2c3ccccc3C=Cc3c2oc2ccccc32)c(C)c1. The van der Waals surface area contributed by atoms with Gasteiger partial charge in [-0.1, -0.05) is 188 Å². The molecule has 10 heterocycles. The average Bonchev–Trinajstić information content (AvgIpc) is 1.58. The molecule has 0 spiro atoms. The predicted molar refractivity (Wildman–Crippen MR) is 578 cm³/mol. The van der Waals surface area contributed by atoms with Crippen molar-refractivity contribution < 1.29 is 74.2 Å². The Hall–Kier alpha value is -17.6. The highest BCUT2D eigenvalue weighted by Crippen LogP contribution is 2.60. The van der Waals surface area contributed by atoms with Crippen LogP contribution in [0.3, 0.4) is 0 Å². The number of carbonyl (C=O) groups excluding carboxylic acids is 1. The van der Waals surface area contributed by atoms with Gasteiger partial charge in [0.25, 0.3) is 0 Å². The molecule has 20 aromatic rings. The number of benzene rings is 15. The number of anilines is 15. The van der Waals surface area contributed by atoms with E-state index in [1.54, 1.807) is 69.0 Å². The molecule has 0 N–H and O–H groups in total. The first-order valence-corrected chi connectivity index (χ1v) is 48.4. The minimum absolute atomic E-state index is 0.358. The molecule has 0 atom stereocenters. The second kappa shape index (κ2) is 39.8. The summed E-state index contributed by atoms with van der Waals surface area (Å²) in [5.41, 5.74) is 30.0. The minimum Gasteiger partial charge on any atom is -0.494 e. The fourth-order valence-electron chi connectivity index (χ4n) is 20.7. The van der Waals surface area contributed by atoms with Crippen LogP contribution in [-0.4, -0.2) is 62.8 Å². The number of hydrogen-bond acceptors (Lipinski definition) is 21. The van der Waals surface area contributed by atoms with E-state index in [-0.39, 0.29) is 0 Å². The molecule has 145 heavy (non-hydrogen) atoms. The van der Waals surface area contributed by atoms with Crippen molar-refractivity contribution in [3.8, 4) is 57.5 Å². The molecular weight excluding hydrogens is 1820 g/mol. The summed E-state index contributed by atoms with van der Waals surface area (Å²) in [6, 6.07) is 101. The van der Waals surface area contributed by atoms with E-state index < -0.39 is 5.97 Å². The maximum atomic E-state index is 13.0.